The Hall–Kier alpha value is -6.85. The van der Waals surface area contributed by atoms with Crippen LogP contribution in [0.2, 0.25) is 0 Å². The van der Waals surface area contributed by atoms with Crippen molar-refractivity contribution < 1.29 is 4.42 Å². The van der Waals surface area contributed by atoms with Crippen LogP contribution in [-0.4, -0.2) is 19.5 Å². The van der Waals surface area contributed by atoms with Gasteiger partial charge in [-0.1, -0.05) is 135 Å². The molecule has 11 aromatic rings. The first-order chi connectivity index (χ1) is 26.1. The normalized spacial score (nSPS) is 13.6. The third-order valence-corrected chi connectivity index (χ3v) is 11.6. The summed E-state index contributed by atoms with van der Waals surface area (Å²) in [4.78, 5) is 15.9. The van der Waals surface area contributed by atoms with Gasteiger partial charge < -0.3 is 4.42 Å². The molecule has 1 aliphatic carbocycles. The second kappa shape index (κ2) is 10.1. The average molecular weight is 679 g/mol. The molecule has 3 aromatic heterocycles. The molecule has 0 N–H and O–H groups in total. The average Bonchev–Trinajstić information content (AvgIpc) is 3.83. The predicted molar refractivity (Wildman–Crippen MR) is 217 cm³/mol. The van der Waals surface area contributed by atoms with Crippen molar-refractivity contribution in [2.45, 2.75) is 19.3 Å². The van der Waals surface area contributed by atoms with Crippen molar-refractivity contribution in [3.05, 3.63) is 157 Å². The summed E-state index contributed by atoms with van der Waals surface area (Å²) in [5.41, 5.74) is 8.16. The molecule has 3 heterocycles. The largest absolute Gasteiger partial charge is 0.456 e. The topological polar surface area (TPSA) is 56.7 Å². The maximum atomic E-state index is 6.32. The number of nitrogens with zero attached hydrogens (tertiary/aromatic N) is 4. The standard InChI is InChI=1S/C48H30N4O/c1-48(2)34-21-10-18-30-28-15-6-7-16-29(28)31-19-11-22-36-42(31)44-37(26-25-35(48)43(44)41(30)34)52(36)47-50-45(27-13-4-3-5-14-27)49-46(51-47)33-20-12-24-39-40(33)32-17-8-9-23-38(32)53-39/h3-26H,1-2H3. The molecule has 0 spiro atoms. The molecule has 5 nitrogen and oxygen atoms in total. The molecule has 5 heteroatoms. The van der Waals surface area contributed by atoms with Crippen LogP contribution in [0.25, 0.3) is 105 Å². The molecular weight excluding hydrogens is 649 g/mol. The van der Waals surface area contributed by atoms with Gasteiger partial charge in [-0.3, -0.25) is 4.57 Å². The van der Waals surface area contributed by atoms with Crippen molar-refractivity contribution in [1.82, 2.24) is 19.5 Å². The van der Waals surface area contributed by atoms with E-state index in [1.165, 1.54) is 54.2 Å². The molecule has 0 amide bonds. The van der Waals surface area contributed by atoms with E-state index in [0.717, 1.165) is 44.1 Å². The SMILES string of the molecule is CC1(C)c2cccc3c4ccccc4c4cccc5c4c4c(c1ccc4n5-c1nc(-c4ccccc4)nc(-c4cccc5oc6ccccc6c45)n1)c23. The molecule has 53 heavy (non-hydrogen) atoms. The lowest BCUT2D eigenvalue weighted by molar-refractivity contribution is 0.663. The van der Waals surface area contributed by atoms with E-state index >= 15 is 0 Å². The van der Waals surface area contributed by atoms with Gasteiger partial charge in [0.25, 0.3) is 0 Å². The molecule has 248 valence electrons. The van der Waals surface area contributed by atoms with E-state index in [1.54, 1.807) is 0 Å². The second-order valence-corrected chi connectivity index (χ2v) is 14.7. The minimum absolute atomic E-state index is 0.162. The number of furan rings is 1. The predicted octanol–water partition coefficient (Wildman–Crippen LogP) is 12.3. The zero-order chi connectivity index (χ0) is 35.0. The number of benzene rings is 7. The molecule has 0 saturated heterocycles. The zero-order valence-electron chi connectivity index (χ0n) is 29.1. The van der Waals surface area contributed by atoms with Gasteiger partial charge in [0.05, 0.1) is 11.0 Å². The van der Waals surface area contributed by atoms with Crippen LogP contribution in [0.5, 0.6) is 0 Å². The summed E-state index contributed by atoms with van der Waals surface area (Å²) in [7, 11) is 0. The first kappa shape index (κ1) is 28.8. The maximum absolute atomic E-state index is 6.32. The van der Waals surface area contributed by atoms with Crippen molar-refractivity contribution >= 4 is 76.1 Å². The summed E-state index contributed by atoms with van der Waals surface area (Å²) >= 11 is 0. The highest BCUT2D eigenvalue weighted by Crippen LogP contribution is 2.53. The van der Waals surface area contributed by atoms with Crippen LogP contribution in [0.1, 0.15) is 25.0 Å². The molecule has 0 atom stereocenters. The fourth-order valence-corrected chi connectivity index (χ4v) is 9.30. The monoisotopic (exact) mass is 678 g/mol. The van der Waals surface area contributed by atoms with Crippen LogP contribution in [0.15, 0.2) is 150 Å². The van der Waals surface area contributed by atoms with Crippen LogP contribution in [0, 0.1) is 0 Å². The Morgan fingerprint density at radius 3 is 1.89 bits per heavy atom. The van der Waals surface area contributed by atoms with Gasteiger partial charge in [-0.25, -0.2) is 4.98 Å². The minimum Gasteiger partial charge on any atom is -0.456 e. The lowest BCUT2D eigenvalue weighted by Crippen LogP contribution is -2.15. The lowest BCUT2D eigenvalue weighted by Gasteiger charge is -2.22. The zero-order valence-corrected chi connectivity index (χ0v) is 29.1. The molecule has 0 aliphatic heterocycles. The number of rotatable bonds is 3. The quantitative estimate of drug-likeness (QED) is 0.187. The van der Waals surface area contributed by atoms with Crippen LogP contribution >= 0.6 is 0 Å². The van der Waals surface area contributed by atoms with E-state index in [2.05, 4.69) is 115 Å². The first-order valence-corrected chi connectivity index (χ1v) is 18.1. The smallest absolute Gasteiger partial charge is 0.238 e. The van der Waals surface area contributed by atoms with Crippen molar-refractivity contribution in [2.24, 2.45) is 0 Å². The Labute approximate surface area is 303 Å². The summed E-state index contributed by atoms with van der Waals surface area (Å²) in [5.74, 6) is 1.79. The second-order valence-electron chi connectivity index (χ2n) is 14.7. The van der Waals surface area contributed by atoms with Crippen LogP contribution in [-0.2, 0) is 5.41 Å². The summed E-state index contributed by atoms with van der Waals surface area (Å²) in [5, 5.41) is 12.1. The first-order valence-electron chi connectivity index (χ1n) is 18.1. The molecule has 1 aliphatic rings. The summed E-state index contributed by atoms with van der Waals surface area (Å²) < 4.78 is 8.58. The van der Waals surface area contributed by atoms with E-state index in [1.807, 2.05) is 48.5 Å². The maximum Gasteiger partial charge on any atom is 0.238 e. The lowest BCUT2D eigenvalue weighted by atomic mass is 9.81. The Balaban J connectivity index is 1.28. The van der Waals surface area contributed by atoms with Crippen LogP contribution in [0.4, 0.5) is 0 Å². The number of hydrogen-bond acceptors (Lipinski definition) is 4. The molecule has 0 bridgehead atoms. The number of hydrogen-bond donors (Lipinski definition) is 0. The fourth-order valence-electron chi connectivity index (χ4n) is 9.30. The Kier molecular flexibility index (Phi) is 5.51. The summed E-state index contributed by atoms with van der Waals surface area (Å²) in [6.45, 7) is 4.73. The Morgan fingerprint density at radius 2 is 1.06 bits per heavy atom. The highest BCUT2D eigenvalue weighted by atomic mass is 16.3. The molecular formula is C48H30N4O. The molecule has 0 saturated carbocycles. The van der Waals surface area contributed by atoms with Gasteiger partial charge in [0, 0.05) is 38.1 Å². The van der Waals surface area contributed by atoms with Gasteiger partial charge in [-0.05, 0) is 67.7 Å². The minimum atomic E-state index is -0.162. The number of fused-ring (bicyclic) bond motifs is 6. The van der Waals surface area contributed by atoms with Gasteiger partial charge >= 0.3 is 0 Å². The molecule has 0 fully saturated rings. The van der Waals surface area contributed by atoms with Gasteiger partial charge in [0.2, 0.25) is 5.95 Å². The highest BCUT2D eigenvalue weighted by molar-refractivity contribution is 6.35. The van der Waals surface area contributed by atoms with Crippen molar-refractivity contribution in [1.29, 1.82) is 0 Å². The van der Waals surface area contributed by atoms with E-state index in [4.69, 9.17) is 19.4 Å². The highest BCUT2D eigenvalue weighted by Gasteiger charge is 2.36. The molecule has 12 rings (SSSR count). The van der Waals surface area contributed by atoms with E-state index < -0.39 is 0 Å². The Bertz CT molecular complexity index is 3370. The van der Waals surface area contributed by atoms with Crippen LogP contribution < -0.4 is 0 Å². The van der Waals surface area contributed by atoms with Gasteiger partial charge in [-0.2, -0.15) is 9.97 Å². The molecule has 0 radical (unpaired) electrons. The van der Waals surface area contributed by atoms with E-state index in [0.29, 0.717) is 17.6 Å². The van der Waals surface area contributed by atoms with Gasteiger partial charge in [0.15, 0.2) is 11.6 Å². The third kappa shape index (κ3) is 3.73. The third-order valence-electron chi connectivity index (χ3n) is 11.6. The fraction of sp³-hybridized carbons (Fsp3) is 0.0625. The number of aromatic nitrogens is 4. The Morgan fingerprint density at radius 1 is 0.434 bits per heavy atom. The van der Waals surface area contributed by atoms with E-state index in [9.17, 15) is 0 Å². The van der Waals surface area contributed by atoms with Crippen molar-refractivity contribution in [3.63, 3.8) is 0 Å². The van der Waals surface area contributed by atoms with E-state index in [-0.39, 0.29) is 5.41 Å². The summed E-state index contributed by atoms with van der Waals surface area (Å²) in [6, 6.07) is 51.5. The van der Waals surface area contributed by atoms with Gasteiger partial charge in [-0.15, -0.1) is 0 Å². The number of para-hydroxylation sites is 1. The van der Waals surface area contributed by atoms with Gasteiger partial charge in [0.1, 0.15) is 11.2 Å². The van der Waals surface area contributed by atoms with Crippen molar-refractivity contribution in [2.75, 3.05) is 0 Å². The summed E-state index contributed by atoms with van der Waals surface area (Å²) in [6.07, 6.45) is 0. The molecule has 8 aromatic carbocycles. The molecule has 0 unspecified atom stereocenters. The van der Waals surface area contributed by atoms with Crippen LogP contribution in [0.3, 0.4) is 0 Å². The van der Waals surface area contributed by atoms with Crippen molar-refractivity contribution in [3.8, 4) is 28.7 Å².